The molecule has 0 aromatic heterocycles. The van der Waals surface area contributed by atoms with Gasteiger partial charge in [-0.2, -0.15) is 0 Å². The maximum absolute atomic E-state index is 3.40. The normalized spacial score (nSPS) is 15.3. The molecule has 1 fully saturated rings. The van der Waals surface area contributed by atoms with Gasteiger partial charge in [-0.1, -0.05) is 36.4 Å². The molecular weight excluding hydrogens is 264 g/mol. The van der Waals surface area contributed by atoms with Crippen LogP contribution in [0.25, 0.3) is 0 Å². The SMILES string of the molecule is c1ccc(CSc2cccc(N3CCNCC3)c2)cc1. The predicted molar refractivity (Wildman–Crippen MR) is 87.5 cm³/mol. The van der Waals surface area contributed by atoms with Crippen molar-refractivity contribution < 1.29 is 0 Å². The van der Waals surface area contributed by atoms with E-state index in [1.54, 1.807) is 0 Å². The van der Waals surface area contributed by atoms with Gasteiger partial charge in [0.2, 0.25) is 0 Å². The molecule has 104 valence electrons. The average molecular weight is 284 g/mol. The van der Waals surface area contributed by atoms with Crippen molar-refractivity contribution in [2.45, 2.75) is 10.6 Å². The fourth-order valence-corrected chi connectivity index (χ4v) is 3.34. The molecule has 1 N–H and O–H groups in total. The summed E-state index contributed by atoms with van der Waals surface area (Å²) in [7, 11) is 0. The van der Waals surface area contributed by atoms with Crippen LogP contribution in [0.3, 0.4) is 0 Å². The van der Waals surface area contributed by atoms with Crippen molar-refractivity contribution in [3.63, 3.8) is 0 Å². The number of hydrogen-bond donors (Lipinski definition) is 1. The zero-order chi connectivity index (χ0) is 13.6. The first-order chi connectivity index (χ1) is 9.92. The minimum atomic E-state index is 1.03. The summed E-state index contributed by atoms with van der Waals surface area (Å²) in [5, 5.41) is 3.40. The van der Waals surface area contributed by atoms with Gasteiger partial charge in [0.05, 0.1) is 0 Å². The Balaban J connectivity index is 1.65. The van der Waals surface area contributed by atoms with E-state index in [0.29, 0.717) is 0 Å². The summed E-state index contributed by atoms with van der Waals surface area (Å²) in [5.74, 6) is 1.03. The van der Waals surface area contributed by atoms with E-state index in [1.807, 2.05) is 11.8 Å². The number of nitrogens with one attached hydrogen (secondary N) is 1. The molecule has 2 nitrogen and oxygen atoms in total. The van der Waals surface area contributed by atoms with E-state index < -0.39 is 0 Å². The van der Waals surface area contributed by atoms with Gasteiger partial charge in [-0.3, -0.25) is 0 Å². The number of thioether (sulfide) groups is 1. The Morgan fingerprint density at radius 3 is 2.55 bits per heavy atom. The molecular formula is C17H20N2S. The van der Waals surface area contributed by atoms with Crippen LogP contribution in [-0.2, 0) is 5.75 Å². The lowest BCUT2D eigenvalue weighted by Gasteiger charge is -2.29. The van der Waals surface area contributed by atoms with Crippen LogP contribution in [0.2, 0.25) is 0 Å². The van der Waals surface area contributed by atoms with Gasteiger partial charge in [-0.05, 0) is 23.8 Å². The van der Waals surface area contributed by atoms with E-state index in [9.17, 15) is 0 Å². The molecule has 0 saturated carbocycles. The number of nitrogens with zero attached hydrogens (tertiary/aromatic N) is 1. The molecule has 3 rings (SSSR count). The molecule has 2 aromatic rings. The molecule has 20 heavy (non-hydrogen) atoms. The minimum absolute atomic E-state index is 1.03. The Hall–Kier alpha value is -1.45. The quantitative estimate of drug-likeness (QED) is 0.866. The van der Waals surface area contributed by atoms with Crippen molar-refractivity contribution in [3.05, 3.63) is 60.2 Å². The van der Waals surface area contributed by atoms with Crippen LogP contribution in [0.1, 0.15) is 5.56 Å². The standard InChI is InChI=1S/C17H20N2S/c1-2-5-15(6-3-1)14-20-17-8-4-7-16(13-17)19-11-9-18-10-12-19/h1-8,13,18H,9-12,14H2. The summed E-state index contributed by atoms with van der Waals surface area (Å²) in [4.78, 5) is 3.81. The highest BCUT2D eigenvalue weighted by atomic mass is 32.2. The predicted octanol–water partition coefficient (Wildman–Crippen LogP) is 3.39. The van der Waals surface area contributed by atoms with Crippen molar-refractivity contribution >= 4 is 17.4 Å². The lowest BCUT2D eigenvalue weighted by Crippen LogP contribution is -2.43. The summed E-state index contributed by atoms with van der Waals surface area (Å²) < 4.78 is 0. The number of rotatable bonds is 4. The second-order valence-electron chi connectivity index (χ2n) is 5.01. The largest absolute Gasteiger partial charge is 0.369 e. The van der Waals surface area contributed by atoms with E-state index in [-0.39, 0.29) is 0 Å². The van der Waals surface area contributed by atoms with Crippen LogP contribution >= 0.6 is 11.8 Å². The zero-order valence-corrected chi connectivity index (χ0v) is 12.4. The molecule has 3 heteroatoms. The highest BCUT2D eigenvalue weighted by Crippen LogP contribution is 2.26. The Labute approximate surface area is 125 Å². The van der Waals surface area contributed by atoms with Crippen LogP contribution in [0.15, 0.2) is 59.5 Å². The van der Waals surface area contributed by atoms with Crippen molar-refractivity contribution in [2.24, 2.45) is 0 Å². The van der Waals surface area contributed by atoms with Crippen LogP contribution in [0.5, 0.6) is 0 Å². The highest BCUT2D eigenvalue weighted by molar-refractivity contribution is 7.98. The Bertz CT molecular complexity index is 536. The Morgan fingerprint density at radius 2 is 1.75 bits per heavy atom. The van der Waals surface area contributed by atoms with Crippen molar-refractivity contribution in [3.8, 4) is 0 Å². The highest BCUT2D eigenvalue weighted by Gasteiger charge is 2.10. The van der Waals surface area contributed by atoms with E-state index in [4.69, 9.17) is 0 Å². The van der Waals surface area contributed by atoms with Gasteiger partial charge in [0.25, 0.3) is 0 Å². The summed E-state index contributed by atoms with van der Waals surface area (Å²) >= 11 is 1.91. The average Bonchev–Trinajstić information content (AvgIpc) is 2.55. The first-order valence-electron chi connectivity index (χ1n) is 7.14. The summed E-state index contributed by atoms with van der Waals surface area (Å²) in [5.41, 5.74) is 2.73. The van der Waals surface area contributed by atoms with Gasteiger partial charge in [-0.15, -0.1) is 11.8 Å². The van der Waals surface area contributed by atoms with E-state index in [1.165, 1.54) is 16.1 Å². The summed E-state index contributed by atoms with van der Waals surface area (Å²) in [6, 6.07) is 19.6. The summed E-state index contributed by atoms with van der Waals surface area (Å²) in [6.45, 7) is 4.38. The van der Waals surface area contributed by atoms with Crippen LogP contribution in [0, 0.1) is 0 Å². The smallest absolute Gasteiger partial charge is 0.0378 e. The maximum Gasteiger partial charge on any atom is 0.0378 e. The van der Waals surface area contributed by atoms with E-state index in [0.717, 1.165) is 31.9 Å². The lowest BCUT2D eigenvalue weighted by molar-refractivity contribution is 0.589. The molecule has 1 aliphatic heterocycles. The molecule has 2 aromatic carbocycles. The summed E-state index contributed by atoms with van der Waals surface area (Å²) in [6.07, 6.45) is 0. The molecule has 0 amide bonds. The molecule has 0 bridgehead atoms. The fraction of sp³-hybridized carbons (Fsp3) is 0.294. The van der Waals surface area contributed by atoms with Crippen molar-refractivity contribution in [1.29, 1.82) is 0 Å². The molecule has 0 radical (unpaired) electrons. The number of hydrogen-bond acceptors (Lipinski definition) is 3. The molecule has 0 atom stereocenters. The van der Waals surface area contributed by atoms with Crippen LogP contribution in [0.4, 0.5) is 5.69 Å². The second-order valence-corrected chi connectivity index (χ2v) is 6.06. The van der Waals surface area contributed by atoms with Crippen LogP contribution in [-0.4, -0.2) is 26.2 Å². The Kier molecular flexibility index (Phi) is 4.61. The van der Waals surface area contributed by atoms with Crippen molar-refractivity contribution in [2.75, 3.05) is 31.1 Å². The molecule has 1 aliphatic rings. The second kappa shape index (κ2) is 6.82. The number of anilines is 1. The molecule has 0 unspecified atom stereocenters. The first-order valence-corrected chi connectivity index (χ1v) is 8.13. The minimum Gasteiger partial charge on any atom is -0.369 e. The third kappa shape index (κ3) is 3.56. The van der Waals surface area contributed by atoms with Gasteiger partial charge in [0.1, 0.15) is 0 Å². The zero-order valence-electron chi connectivity index (χ0n) is 11.6. The topological polar surface area (TPSA) is 15.3 Å². The van der Waals surface area contributed by atoms with Gasteiger partial charge >= 0.3 is 0 Å². The third-order valence-electron chi connectivity index (χ3n) is 3.55. The van der Waals surface area contributed by atoms with Gasteiger partial charge in [0, 0.05) is 42.5 Å². The van der Waals surface area contributed by atoms with Gasteiger partial charge < -0.3 is 10.2 Å². The molecule has 1 heterocycles. The van der Waals surface area contributed by atoms with Gasteiger partial charge in [-0.25, -0.2) is 0 Å². The van der Waals surface area contributed by atoms with Crippen LogP contribution < -0.4 is 10.2 Å². The fourth-order valence-electron chi connectivity index (χ4n) is 2.43. The van der Waals surface area contributed by atoms with E-state index >= 15 is 0 Å². The third-order valence-corrected chi connectivity index (χ3v) is 4.61. The monoisotopic (exact) mass is 284 g/mol. The first kappa shape index (κ1) is 13.5. The Morgan fingerprint density at radius 1 is 0.950 bits per heavy atom. The number of piperazine rings is 1. The van der Waals surface area contributed by atoms with Gasteiger partial charge in [0.15, 0.2) is 0 Å². The molecule has 0 spiro atoms. The van der Waals surface area contributed by atoms with Crippen molar-refractivity contribution in [1.82, 2.24) is 5.32 Å². The lowest BCUT2D eigenvalue weighted by atomic mass is 10.2. The number of benzene rings is 2. The maximum atomic E-state index is 3.40. The molecule has 1 saturated heterocycles. The molecule has 0 aliphatic carbocycles. The van der Waals surface area contributed by atoms with E-state index in [2.05, 4.69) is 64.8 Å².